The molecule has 1 heterocycles. The van der Waals surface area contributed by atoms with Crippen LogP contribution in [0.3, 0.4) is 0 Å². The van der Waals surface area contributed by atoms with Crippen molar-refractivity contribution < 1.29 is 4.79 Å². The summed E-state index contributed by atoms with van der Waals surface area (Å²) in [6.07, 6.45) is 3.90. The van der Waals surface area contributed by atoms with Gasteiger partial charge in [0.05, 0.1) is 6.54 Å². The predicted molar refractivity (Wildman–Crippen MR) is 94.6 cm³/mol. The molecule has 6 heteroatoms. The van der Waals surface area contributed by atoms with Gasteiger partial charge in [-0.1, -0.05) is 13.8 Å². The standard InChI is InChI=1S/C17H33N5O/c1-5-18-17(20-9-8-19-16(23)12(2)3)21-14-10-13(4)22(11-14)15-6-7-15/h12-15H,5-11H2,1-4H3,(H,19,23)(H2,18,20,21). The molecule has 2 aliphatic rings. The minimum Gasteiger partial charge on any atom is -0.357 e. The number of aliphatic imine (C=N–C) groups is 1. The van der Waals surface area contributed by atoms with Crippen LogP contribution >= 0.6 is 0 Å². The average Bonchev–Trinajstić information content (AvgIpc) is 3.27. The highest BCUT2D eigenvalue weighted by Crippen LogP contribution is 2.33. The van der Waals surface area contributed by atoms with E-state index < -0.39 is 0 Å². The lowest BCUT2D eigenvalue weighted by Crippen LogP contribution is -2.45. The normalized spacial score (nSPS) is 25.7. The second-order valence-electron chi connectivity index (χ2n) is 7.06. The zero-order valence-corrected chi connectivity index (χ0v) is 15.1. The van der Waals surface area contributed by atoms with E-state index in [0.29, 0.717) is 25.2 Å². The van der Waals surface area contributed by atoms with E-state index in [-0.39, 0.29) is 11.8 Å². The Balaban J connectivity index is 1.76. The number of likely N-dealkylation sites (tertiary alicyclic amines) is 1. The van der Waals surface area contributed by atoms with Gasteiger partial charge in [0.15, 0.2) is 5.96 Å². The lowest BCUT2D eigenvalue weighted by atomic mass is 10.2. The second kappa shape index (κ2) is 8.52. The number of hydrogen-bond acceptors (Lipinski definition) is 3. The average molecular weight is 323 g/mol. The molecular weight excluding hydrogens is 290 g/mol. The fourth-order valence-electron chi connectivity index (χ4n) is 3.14. The molecular formula is C17H33N5O. The number of hydrogen-bond donors (Lipinski definition) is 3. The molecule has 1 saturated heterocycles. The van der Waals surface area contributed by atoms with Crippen molar-refractivity contribution in [3.63, 3.8) is 0 Å². The quantitative estimate of drug-likeness (QED) is 0.370. The maximum atomic E-state index is 11.5. The van der Waals surface area contributed by atoms with Crippen LogP contribution in [0.1, 0.15) is 47.0 Å². The third-order valence-corrected chi connectivity index (χ3v) is 4.53. The first-order valence-corrected chi connectivity index (χ1v) is 9.09. The second-order valence-corrected chi connectivity index (χ2v) is 7.06. The van der Waals surface area contributed by atoms with Crippen LogP contribution in [0.15, 0.2) is 4.99 Å². The van der Waals surface area contributed by atoms with E-state index in [4.69, 9.17) is 0 Å². The van der Waals surface area contributed by atoms with E-state index in [0.717, 1.165) is 25.1 Å². The maximum absolute atomic E-state index is 11.5. The highest BCUT2D eigenvalue weighted by atomic mass is 16.1. The molecule has 2 unspecified atom stereocenters. The SMILES string of the molecule is CCNC(=NCCNC(=O)C(C)C)NC1CC(C)N(C2CC2)C1. The molecule has 132 valence electrons. The van der Waals surface area contributed by atoms with Crippen molar-refractivity contribution in [2.24, 2.45) is 10.9 Å². The summed E-state index contributed by atoms with van der Waals surface area (Å²) in [6.45, 7) is 11.3. The van der Waals surface area contributed by atoms with E-state index >= 15 is 0 Å². The number of carbonyl (C=O) groups is 1. The van der Waals surface area contributed by atoms with Crippen molar-refractivity contribution >= 4 is 11.9 Å². The third-order valence-electron chi connectivity index (χ3n) is 4.53. The number of carbonyl (C=O) groups excluding carboxylic acids is 1. The minimum atomic E-state index is 0.0266. The first-order chi connectivity index (χ1) is 11.0. The number of amides is 1. The molecule has 2 fully saturated rings. The highest BCUT2D eigenvalue weighted by molar-refractivity contribution is 5.80. The van der Waals surface area contributed by atoms with Crippen LogP contribution in [-0.4, -0.2) is 61.1 Å². The number of guanidine groups is 1. The highest BCUT2D eigenvalue weighted by Gasteiger charge is 2.38. The zero-order valence-electron chi connectivity index (χ0n) is 15.1. The van der Waals surface area contributed by atoms with Crippen LogP contribution in [0.4, 0.5) is 0 Å². The summed E-state index contributed by atoms with van der Waals surface area (Å²) in [4.78, 5) is 18.7. The zero-order chi connectivity index (χ0) is 16.8. The van der Waals surface area contributed by atoms with E-state index in [1.165, 1.54) is 19.3 Å². The summed E-state index contributed by atoms with van der Waals surface area (Å²) >= 11 is 0. The first-order valence-electron chi connectivity index (χ1n) is 9.09. The molecule has 1 aliphatic carbocycles. The Labute approximate surface area is 140 Å². The maximum Gasteiger partial charge on any atom is 0.222 e. The summed E-state index contributed by atoms with van der Waals surface area (Å²) in [7, 11) is 0. The van der Waals surface area contributed by atoms with Crippen molar-refractivity contribution in [3.05, 3.63) is 0 Å². The van der Waals surface area contributed by atoms with Crippen LogP contribution in [-0.2, 0) is 4.79 Å². The molecule has 2 atom stereocenters. The van der Waals surface area contributed by atoms with Crippen LogP contribution in [0.2, 0.25) is 0 Å². The lowest BCUT2D eigenvalue weighted by Gasteiger charge is -2.20. The van der Waals surface area contributed by atoms with Crippen LogP contribution in [0.25, 0.3) is 0 Å². The Morgan fingerprint density at radius 1 is 1.30 bits per heavy atom. The number of rotatable bonds is 7. The molecule has 1 amide bonds. The number of nitrogens with zero attached hydrogens (tertiary/aromatic N) is 2. The van der Waals surface area contributed by atoms with Gasteiger partial charge in [-0.05, 0) is 33.1 Å². The van der Waals surface area contributed by atoms with Crippen molar-refractivity contribution in [1.82, 2.24) is 20.9 Å². The van der Waals surface area contributed by atoms with Crippen molar-refractivity contribution in [2.45, 2.75) is 65.1 Å². The van der Waals surface area contributed by atoms with Gasteiger partial charge < -0.3 is 16.0 Å². The predicted octanol–water partition coefficient (Wildman–Crippen LogP) is 0.939. The third kappa shape index (κ3) is 5.68. The monoisotopic (exact) mass is 323 g/mol. The van der Waals surface area contributed by atoms with Crippen molar-refractivity contribution in [2.75, 3.05) is 26.2 Å². The van der Waals surface area contributed by atoms with Gasteiger partial charge in [-0.15, -0.1) is 0 Å². The first kappa shape index (κ1) is 18.0. The van der Waals surface area contributed by atoms with Crippen LogP contribution in [0, 0.1) is 5.92 Å². The van der Waals surface area contributed by atoms with Gasteiger partial charge in [0.1, 0.15) is 0 Å². The summed E-state index contributed by atoms with van der Waals surface area (Å²) in [6, 6.07) is 1.95. The van der Waals surface area contributed by atoms with E-state index in [9.17, 15) is 4.79 Å². The van der Waals surface area contributed by atoms with Gasteiger partial charge in [-0.25, -0.2) is 0 Å². The summed E-state index contributed by atoms with van der Waals surface area (Å²) in [5.41, 5.74) is 0. The fraction of sp³-hybridized carbons (Fsp3) is 0.882. The van der Waals surface area contributed by atoms with E-state index in [1.807, 2.05) is 13.8 Å². The molecule has 23 heavy (non-hydrogen) atoms. The molecule has 2 rings (SSSR count). The van der Waals surface area contributed by atoms with Gasteiger partial charge in [0, 0.05) is 43.7 Å². The smallest absolute Gasteiger partial charge is 0.222 e. The summed E-state index contributed by atoms with van der Waals surface area (Å²) in [5, 5.41) is 9.76. The Morgan fingerprint density at radius 3 is 2.65 bits per heavy atom. The molecule has 0 aromatic heterocycles. The lowest BCUT2D eigenvalue weighted by molar-refractivity contribution is -0.123. The molecule has 1 aliphatic heterocycles. The molecule has 1 saturated carbocycles. The van der Waals surface area contributed by atoms with Gasteiger partial charge >= 0.3 is 0 Å². The molecule has 0 aromatic rings. The summed E-state index contributed by atoms with van der Waals surface area (Å²) < 4.78 is 0. The molecule has 3 N–H and O–H groups in total. The van der Waals surface area contributed by atoms with Crippen LogP contribution in [0.5, 0.6) is 0 Å². The topological polar surface area (TPSA) is 68.8 Å². The molecule has 6 nitrogen and oxygen atoms in total. The Hall–Kier alpha value is -1.30. The molecule has 0 bridgehead atoms. The molecule has 0 aromatic carbocycles. The van der Waals surface area contributed by atoms with Gasteiger partial charge in [0.25, 0.3) is 0 Å². The van der Waals surface area contributed by atoms with Crippen molar-refractivity contribution in [3.8, 4) is 0 Å². The minimum absolute atomic E-state index is 0.0266. The van der Waals surface area contributed by atoms with Crippen molar-refractivity contribution in [1.29, 1.82) is 0 Å². The molecule has 0 spiro atoms. The van der Waals surface area contributed by atoms with Gasteiger partial charge in [-0.3, -0.25) is 14.7 Å². The Kier molecular flexibility index (Phi) is 6.69. The largest absolute Gasteiger partial charge is 0.357 e. The fourth-order valence-corrected chi connectivity index (χ4v) is 3.14. The van der Waals surface area contributed by atoms with Crippen LogP contribution < -0.4 is 16.0 Å². The summed E-state index contributed by atoms with van der Waals surface area (Å²) in [5.74, 6) is 0.975. The Morgan fingerprint density at radius 2 is 2.04 bits per heavy atom. The van der Waals surface area contributed by atoms with Gasteiger partial charge in [-0.2, -0.15) is 0 Å². The van der Waals surface area contributed by atoms with E-state index in [2.05, 4.69) is 39.7 Å². The van der Waals surface area contributed by atoms with Gasteiger partial charge in [0.2, 0.25) is 5.91 Å². The Bertz CT molecular complexity index is 419. The van der Waals surface area contributed by atoms with E-state index in [1.54, 1.807) is 0 Å². The molecule has 0 radical (unpaired) electrons. The number of nitrogens with one attached hydrogen (secondary N) is 3.